The van der Waals surface area contributed by atoms with Crippen LogP contribution in [0.4, 0.5) is 6.01 Å². The van der Waals surface area contributed by atoms with E-state index in [-0.39, 0.29) is 0 Å². The number of aromatic nitrogens is 4. The van der Waals surface area contributed by atoms with E-state index in [0.717, 1.165) is 12.4 Å². The molecule has 0 aromatic carbocycles. The van der Waals surface area contributed by atoms with Crippen molar-refractivity contribution in [2.45, 2.75) is 13.1 Å². The summed E-state index contributed by atoms with van der Waals surface area (Å²) in [6.45, 7) is 2.47. The Labute approximate surface area is 111 Å². The van der Waals surface area contributed by atoms with Crippen LogP contribution in [0.5, 0.6) is 0 Å². The second-order valence-corrected chi connectivity index (χ2v) is 3.98. The van der Waals surface area contributed by atoms with Gasteiger partial charge >= 0.3 is 6.01 Å². The topological polar surface area (TPSA) is 90.0 Å². The van der Waals surface area contributed by atoms with E-state index in [0.29, 0.717) is 31.6 Å². The normalized spacial score (nSPS) is 10.8. The molecule has 8 nitrogen and oxygen atoms in total. The number of nitrogens with one attached hydrogen (secondary N) is 2. The largest absolute Gasteiger partial charge is 0.407 e. The first-order valence-electron chi connectivity index (χ1n) is 6.01. The van der Waals surface area contributed by atoms with Crippen molar-refractivity contribution in [2.24, 2.45) is 7.05 Å². The summed E-state index contributed by atoms with van der Waals surface area (Å²) in [5.41, 5.74) is 0. The molecule has 2 aromatic heterocycles. The molecule has 0 radical (unpaired) electrons. The molecule has 0 saturated carbocycles. The summed E-state index contributed by atoms with van der Waals surface area (Å²) in [5.74, 6) is 1.44. The van der Waals surface area contributed by atoms with Crippen molar-refractivity contribution in [1.82, 2.24) is 25.1 Å². The van der Waals surface area contributed by atoms with Crippen molar-refractivity contribution >= 4 is 6.01 Å². The lowest BCUT2D eigenvalue weighted by molar-refractivity contribution is 0.198. The number of ether oxygens (including phenoxy) is 1. The summed E-state index contributed by atoms with van der Waals surface area (Å²) in [6, 6.07) is 0.395. The Morgan fingerprint density at radius 2 is 2.26 bits per heavy atom. The van der Waals surface area contributed by atoms with Gasteiger partial charge in [-0.15, -0.1) is 5.10 Å². The maximum Gasteiger partial charge on any atom is 0.315 e. The number of aryl methyl sites for hydroxylation is 1. The Morgan fingerprint density at radius 1 is 1.37 bits per heavy atom. The zero-order chi connectivity index (χ0) is 13.5. The standard InChI is InChI=1S/C11H18N6O2/c1-17-5-3-13-9(17)7-14-11-16-15-10(19-11)8-12-4-6-18-2/h3,5,12H,4,6-8H2,1-2H3,(H,14,16). The van der Waals surface area contributed by atoms with Crippen LogP contribution in [-0.2, 0) is 24.9 Å². The van der Waals surface area contributed by atoms with Crippen LogP contribution in [0, 0.1) is 0 Å². The van der Waals surface area contributed by atoms with E-state index in [1.54, 1.807) is 13.3 Å². The van der Waals surface area contributed by atoms with Gasteiger partial charge in [-0.1, -0.05) is 5.10 Å². The molecule has 0 aliphatic rings. The summed E-state index contributed by atoms with van der Waals surface area (Å²) < 4.78 is 12.3. The number of hydrogen-bond donors (Lipinski definition) is 2. The third-order valence-corrected chi connectivity index (χ3v) is 2.54. The SMILES string of the molecule is COCCNCc1nnc(NCc2nccn2C)o1. The van der Waals surface area contributed by atoms with Gasteiger partial charge in [-0.3, -0.25) is 0 Å². The first kappa shape index (κ1) is 13.5. The smallest absolute Gasteiger partial charge is 0.315 e. The van der Waals surface area contributed by atoms with Gasteiger partial charge in [0.05, 0.1) is 19.7 Å². The average molecular weight is 266 g/mol. The van der Waals surface area contributed by atoms with Gasteiger partial charge in [0.2, 0.25) is 5.89 Å². The number of hydrogen-bond acceptors (Lipinski definition) is 7. The van der Waals surface area contributed by atoms with E-state index >= 15 is 0 Å². The Hall–Kier alpha value is -1.93. The molecule has 0 atom stereocenters. The van der Waals surface area contributed by atoms with E-state index < -0.39 is 0 Å². The number of rotatable bonds is 8. The van der Waals surface area contributed by atoms with E-state index in [1.165, 1.54) is 0 Å². The second-order valence-electron chi connectivity index (χ2n) is 3.98. The highest BCUT2D eigenvalue weighted by Crippen LogP contribution is 2.06. The van der Waals surface area contributed by atoms with Gasteiger partial charge in [-0.25, -0.2) is 4.98 Å². The fraction of sp³-hybridized carbons (Fsp3) is 0.545. The van der Waals surface area contributed by atoms with Gasteiger partial charge in [-0.2, -0.15) is 0 Å². The van der Waals surface area contributed by atoms with Crippen LogP contribution in [0.2, 0.25) is 0 Å². The summed E-state index contributed by atoms with van der Waals surface area (Å²) in [6.07, 6.45) is 3.63. The van der Waals surface area contributed by atoms with Crippen LogP contribution in [0.25, 0.3) is 0 Å². The quantitative estimate of drug-likeness (QED) is 0.657. The fourth-order valence-corrected chi connectivity index (χ4v) is 1.49. The summed E-state index contributed by atoms with van der Waals surface area (Å²) in [7, 11) is 3.59. The lowest BCUT2D eigenvalue weighted by Gasteiger charge is -2.01. The zero-order valence-corrected chi connectivity index (χ0v) is 11.1. The maximum atomic E-state index is 5.43. The summed E-state index contributed by atoms with van der Waals surface area (Å²) in [5, 5.41) is 14.0. The van der Waals surface area contributed by atoms with Crippen LogP contribution in [0.15, 0.2) is 16.8 Å². The molecule has 19 heavy (non-hydrogen) atoms. The molecule has 2 aromatic rings. The predicted octanol–water partition coefficient (Wildman–Crippen LogP) is 0.151. The molecule has 0 saturated heterocycles. The number of anilines is 1. The molecule has 0 fully saturated rings. The van der Waals surface area contributed by atoms with Crippen molar-refractivity contribution in [2.75, 3.05) is 25.6 Å². The van der Waals surface area contributed by atoms with E-state index in [9.17, 15) is 0 Å². The lowest BCUT2D eigenvalue weighted by Crippen LogP contribution is -2.18. The molecular formula is C11H18N6O2. The molecule has 2 rings (SSSR count). The zero-order valence-electron chi connectivity index (χ0n) is 11.1. The van der Waals surface area contributed by atoms with Crippen molar-refractivity contribution in [3.05, 3.63) is 24.1 Å². The first-order valence-corrected chi connectivity index (χ1v) is 6.01. The van der Waals surface area contributed by atoms with Crippen LogP contribution in [-0.4, -0.2) is 40.0 Å². The number of imidazole rings is 1. The van der Waals surface area contributed by atoms with Gasteiger partial charge in [0, 0.05) is 33.1 Å². The number of methoxy groups -OCH3 is 1. The Kier molecular flexibility index (Phi) is 4.87. The maximum absolute atomic E-state index is 5.43. The van der Waals surface area contributed by atoms with E-state index in [1.807, 2.05) is 17.8 Å². The highest BCUT2D eigenvalue weighted by Gasteiger charge is 2.06. The first-order chi connectivity index (χ1) is 9.29. The molecule has 8 heteroatoms. The lowest BCUT2D eigenvalue weighted by atomic mass is 10.6. The van der Waals surface area contributed by atoms with Crippen LogP contribution >= 0.6 is 0 Å². The molecular weight excluding hydrogens is 248 g/mol. The van der Waals surface area contributed by atoms with E-state index in [2.05, 4.69) is 25.8 Å². The highest BCUT2D eigenvalue weighted by molar-refractivity contribution is 5.18. The third kappa shape index (κ3) is 4.04. The van der Waals surface area contributed by atoms with Gasteiger partial charge < -0.3 is 24.4 Å². The fourth-order valence-electron chi connectivity index (χ4n) is 1.49. The van der Waals surface area contributed by atoms with Gasteiger partial charge in [0.25, 0.3) is 0 Å². The summed E-state index contributed by atoms with van der Waals surface area (Å²) in [4.78, 5) is 4.19. The minimum atomic E-state index is 0.395. The molecule has 0 amide bonds. The monoisotopic (exact) mass is 266 g/mol. The van der Waals surface area contributed by atoms with Crippen LogP contribution in [0.1, 0.15) is 11.7 Å². The predicted molar refractivity (Wildman–Crippen MR) is 68.4 cm³/mol. The third-order valence-electron chi connectivity index (χ3n) is 2.54. The molecule has 0 aliphatic carbocycles. The van der Waals surface area contributed by atoms with Gasteiger partial charge in [0.1, 0.15) is 5.82 Å². The van der Waals surface area contributed by atoms with Gasteiger partial charge in [0.15, 0.2) is 0 Å². The number of nitrogens with zero attached hydrogens (tertiary/aromatic N) is 4. The minimum Gasteiger partial charge on any atom is -0.407 e. The molecule has 0 spiro atoms. The van der Waals surface area contributed by atoms with Crippen LogP contribution < -0.4 is 10.6 Å². The van der Waals surface area contributed by atoms with Crippen molar-refractivity contribution < 1.29 is 9.15 Å². The van der Waals surface area contributed by atoms with E-state index in [4.69, 9.17) is 9.15 Å². The molecule has 0 unspecified atom stereocenters. The van der Waals surface area contributed by atoms with Crippen molar-refractivity contribution in [1.29, 1.82) is 0 Å². The average Bonchev–Trinajstić information content (AvgIpc) is 3.01. The molecule has 2 N–H and O–H groups in total. The Morgan fingerprint density at radius 3 is 3.00 bits per heavy atom. The molecule has 104 valence electrons. The summed E-state index contributed by atoms with van der Waals surface area (Å²) >= 11 is 0. The van der Waals surface area contributed by atoms with Crippen molar-refractivity contribution in [3.8, 4) is 0 Å². The highest BCUT2D eigenvalue weighted by atomic mass is 16.5. The van der Waals surface area contributed by atoms with Crippen LogP contribution in [0.3, 0.4) is 0 Å². The second kappa shape index (κ2) is 6.86. The Bertz CT molecular complexity index is 495. The molecule has 2 heterocycles. The Balaban J connectivity index is 1.76. The molecule has 0 aliphatic heterocycles. The molecule has 0 bridgehead atoms. The minimum absolute atomic E-state index is 0.395. The van der Waals surface area contributed by atoms with Gasteiger partial charge in [-0.05, 0) is 0 Å². The van der Waals surface area contributed by atoms with Crippen molar-refractivity contribution in [3.63, 3.8) is 0 Å².